The highest BCUT2D eigenvalue weighted by Crippen LogP contribution is 2.18. The van der Waals surface area contributed by atoms with E-state index in [-0.39, 0.29) is 12.5 Å². The number of benzene rings is 2. The molecule has 6 heteroatoms. The number of nitrogens with one attached hydrogen (secondary N) is 1. The summed E-state index contributed by atoms with van der Waals surface area (Å²) in [7, 11) is 0. The van der Waals surface area contributed by atoms with Gasteiger partial charge in [0.15, 0.2) is 0 Å². The molecule has 0 aliphatic carbocycles. The van der Waals surface area contributed by atoms with Crippen LogP contribution in [-0.4, -0.2) is 15.7 Å². The first kappa shape index (κ1) is 13.5. The number of anilines is 2. The van der Waals surface area contributed by atoms with E-state index in [1.54, 1.807) is 47.3 Å². The number of aromatic nitrogens is 2. The lowest BCUT2D eigenvalue weighted by Crippen LogP contribution is -2.19. The van der Waals surface area contributed by atoms with Crippen molar-refractivity contribution < 1.29 is 4.79 Å². The molecule has 0 spiro atoms. The lowest BCUT2D eigenvalue weighted by molar-refractivity contribution is -0.116. The SMILES string of the molecule is Nc1ccc2cnn(CC(=O)Nc3cccc(Cl)c3)c2c1. The van der Waals surface area contributed by atoms with Crippen LogP contribution in [0.3, 0.4) is 0 Å². The van der Waals surface area contributed by atoms with E-state index in [0.717, 1.165) is 10.9 Å². The molecule has 1 heterocycles. The summed E-state index contributed by atoms with van der Waals surface area (Å²) in [6, 6.07) is 12.5. The average molecular weight is 301 g/mol. The molecule has 21 heavy (non-hydrogen) atoms. The number of fused-ring (bicyclic) bond motifs is 1. The van der Waals surface area contributed by atoms with E-state index >= 15 is 0 Å². The topological polar surface area (TPSA) is 72.9 Å². The summed E-state index contributed by atoms with van der Waals surface area (Å²) < 4.78 is 1.62. The summed E-state index contributed by atoms with van der Waals surface area (Å²) in [6.45, 7) is 0.111. The van der Waals surface area contributed by atoms with Gasteiger partial charge in [-0.1, -0.05) is 17.7 Å². The molecule has 0 bridgehead atoms. The zero-order valence-corrected chi connectivity index (χ0v) is 11.8. The zero-order valence-electron chi connectivity index (χ0n) is 11.1. The van der Waals surface area contributed by atoms with Gasteiger partial charge in [-0.2, -0.15) is 5.10 Å². The predicted molar refractivity (Wildman–Crippen MR) is 84.2 cm³/mol. The van der Waals surface area contributed by atoms with Crippen LogP contribution in [0.1, 0.15) is 0 Å². The van der Waals surface area contributed by atoms with E-state index in [9.17, 15) is 4.79 Å². The fourth-order valence-electron chi connectivity index (χ4n) is 2.12. The van der Waals surface area contributed by atoms with Gasteiger partial charge in [0, 0.05) is 21.8 Å². The van der Waals surface area contributed by atoms with Gasteiger partial charge in [-0.15, -0.1) is 0 Å². The Hall–Kier alpha value is -2.53. The lowest BCUT2D eigenvalue weighted by Gasteiger charge is -2.07. The molecule has 0 aliphatic heterocycles. The van der Waals surface area contributed by atoms with Crippen molar-refractivity contribution in [2.24, 2.45) is 0 Å². The fraction of sp³-hybridized carbons (Fsp3) is 0.0667. The zero-order chi connectivity index (χ0) is 14.8. The summed E-state index contributed by atoms with van der Waals surface area (Å²) in [5, 5.41) is 8.51. The lowest BCUT2D eigenvalue weighted by atomic mass is 10.2. The van der Waals surface area contributed by atoms with Crippen LogP contribution in [-0.2, 0) is 11.3 Å². The van der Waals surface area contributed by atoms with Crippen LogP contribution in [0.25, 0.3) is 10.9 Å². The molecule has 1 amide bonds. The number of carbonyl (C=O) groups excluding carboxylic acids is 1. The molecule has 106 valence electrons. The molecule has 3 rings (SSSR count). The molecule has 0 saturated heterocycles. The molecule has 5 nitrogen and oxygen atoms in total. The Labute approximate surface area is 126 Å². The number of rotatable bonds is 3. The summed E-state index contributed by atoms with van der Waals surface area (Å²) in [5.74, 6) is -0.176. The number of nitrogen functional groups attached to an aromatic ring is 1. The van der Waals surface area contributed by atoms with E-state index in [2.05, 4.69) is 10.4 Å². The van der Waals surface area contributed by atoms with Gasteiger partial charge in [0.25, 0.3) is 0 Å². The fourth-order valence-corrected chi connectivity index (χ4v) is 2.31. The van der Waals surface area contributed by atoms with Crippen LogP contribution in [0.15, 0.2) is 48.7 Å². The van der Waals surface area contributed by atoms with Crippen molar-refractivity contribution in [3.63, 3.8) is 0 Å². The minimum atomic E-state index is -0.176. The second-order valence-corrected chi connectivity index (χ2v) is 5.12. The Bertz CT molecular complexity index is 812. The second-order valence-electron chi connectivity index (χ2n) is 4.68. The number of halogens is 1. The minimum Gasteiger partial charge on any atom is -0.399 e. The smallest absolute Gasteiger partial charge is 0.246 e. The van der Waals surface area contributed by atoms with Crippen molar-refractivity contribution >= 4 is 39.8 Å². The van der Waals surface area contributed by atoms with Crippen LogP contribution in [0, 0.1) is 0 Å². The molecule has 2 aromatic carbocycles. The predicted octanol–water partition coefficient (Wildman–Crippen LogP) is 2.91. The van der Waals surface area contributed by atoms with E-state index < -0.39 is 0 Å². The van der Waals surface area contributed by atoms with Gasteiger partial charge in [-0.3, -0.25) is 9.48 Å². The number of hydrogen-bond donors (Lipinski definition) is 2. The van der Waals surface area contributed by atoms with Crippen LogP contribution in [0.2, 0.25) is 5.02 Å². The van der Waals surface area contributed by atoms with Crippen LogP contribution >= 0.6 is 11.6 Å². The normalized spacial score (nSPS) is 10.7. The van der Waals surface area contributed by atoms with Crippen molar-refractivity contribution in [3.05, 3.63) is 53.7 Å². The van der Waals surface area contributed by atoms with Gasteiger partial charge in [0.2, 0.25) is 5.91 Å². The number of nitrogens with two attached hydrogens (primary N) is 1. The van der Waals surface area contributed by atoms with E-state index in [0.29, 0.717) is 16.4 Å². The molecule has 0 aliphatic rings. The van der Waals surface area contributed by atoms with Gasteiger partial charge in [-0.25, -0.2) is 0 Å². The van der Waals surface area contributed by atoms with Crippen molar-refractivity contribution in [2.75, 3.05) is 11.1 Å². The first-order valence-electron chi connectivity index (χ1n) is 6.38. The van der Waals surface area contributed by atoms with E-state index in [1.165, 1.54) is 0 Å². The Morgan fingerprint density at radius 1 is 1.29 bits per heavy atom. The van der Waals surface area contributed by atoms with Crippen LogP contribution in [0.5, 0.6) is 0 Å². The summed E-state index contributed by atoms with van der Waals surface area (Å²) in [6.07, 6.45) is 1.71. The van der Waals surface area contributed by atoms with E-state index in [1.807, 2.05) is 6.07 Å². The minimum absolute atomic E-state index is 0.111. The molecular formula is C15H13ClN4O. The maximum atomic E-state index is 12.1. The third kappa shape index (κ3) is 2.98. The first-order chi connectivity index (χ1) is 10.1. The van der Waals surface area contributed by atoms with Crippen molar-refractivity contribution in [2.45, 2.75) is 6.54 Å². The van der Waals surface area contributed by atoms with Crippen LogP contribution < -0.4 is 11.1 Å². The Morgan fingerprint density at radius 2 is 2.14 bits per heavy atom. The first-order valence-corrected chi connectivity index (χ1v) is 6.76. The monoisotopic (exact) mass is 300 g/mol. The Balaban J connectivity index is 1.79. The van der Waals surface area contributed by atoms with Gasteiger partial charge < -0.3 is 11.1 Å². The Kier molecular flexibility index (Phi) is 3.50. The molecule has 3 N–H and O–H groups in total. The molecule has 0 fully saturated rings. The molecule has 3 aromatic rings. The number of carbonyl (C=O) groups is 1. The highest BCUT2D eigenvalue weighted by molar-refractivity contribution is 6.30. The average Bonchev–Trinajstić information content (AvgIpc) is 2.81. The Morgan fingerprint density at radius 3 is 2.95 bits per heavy atom. The number of amides is 1. The summed E-state index contributed by atoms with van der Waals surface area (Å²) >= 11 is 5.88. The van der Waals surface area contributed by atoms with Gasteiger partial charge >= 0.3 is 0 Å². The van der Waals surface area contributed by atoms with E-state index in [4.69, 9.17) is 17.3 Å². The molecular weight excluding hydrogens is 288 g/mol. The highest BCUT2D eigenvalue weighted by atomic mass is 35.5. The molecule has 0 unspecified atom stereocenters. The van der Waals surface area contributed by atoms with Crippen molar-refractivity contribution in [3.8, 4) is 0 Å². The summed E-state index contributed by atoms with van der Waals surface area (Å²) in [4.78, 5) is 12.1. The molecule has 0 radical (unpaired) electrons. The van der Waals surface area contributed by atoms with Gasteiger partial charge in [-0.05, 0) is 36.4 Å². The maximum absolute atomic E-state index is 12.1. The van der Waals surface area contributed by atoms with Gasteiger partial charge in [0.05, 0.1) is 11.7 Å². The number of hydrogen-bond acceptors (Lipinski definition) is 3. The second kappa shape index (κ2) is 5.46. The maximum Gasteiger partial charge on any atom is 0.246 e. The van der Waals surface area contributed by atoms with Crippen molar-refractivity contribution in [1.29, 1.82) is 0 Å². The molecule has 0 saturated carbocycles. The standard InChI is InChI=1S/C15H13ClN4O/c16-11-2-1-3-13(6-11)19-15(21)9-20-14-7-12(17)5-4-10(14)8-18-20/h1-8H,9,17H2,(H,19,21). The highest BCUT2D eigenvalue weighted by Gasteiger charge is 2.08. The van der Waals surface area contributed by atoms with Gasteiger partial charge in [0.1, 0.15) is 6.54 Å². The third-order valence-corrected chi connectivity index (χ3v) is 3.31. The molecule has 0 atom stereocenters. The number of nitrogens with zero attached hydrogens (tertiary/aromatic N) is 2. The summed E-state index contributed by atoms with van der Waals surface area (Å²) in [5.41, 5.74) is 7.89. The third-order valence-electron chi connectivity index (χ3n) is 3.07. The van der Waals surface area contributed by atoms with Crippen LogP contribution in [0.4, 0.5) is 11.4 Å². The largest absolute Gasteiger partial charge is 0.399 e. The van der Waals surface area contributed by atoms with Crippen molar-refractivity contribution in [1.82, 2.24) is 9.78 Å². The quantitative estimate of drug-likeness (QED) is 0.730. The molecule has 1 aromatic heterocycles.